The molecular weight excluding hydrogens is 356 g/mol. The number of hydrogen-bond donors (Lipinski definition) is 1. The van der Waals surface area contributed by atoms with Crippen LogP contribution in [0.4, 0.5) is 0 Å². The highest BCUT2D eigenvalue weighted by Crippen LogP contribution is 2.35. The van der Waals surface area contributed by atoms with E-state index in [1.807, 2.05) is 24.0 Å². The summed E-state index contributed by atoms with van der Waals surface area (Å²) in [5.41, 5.74) is 0.845. The van der Waals surface area contributed by atoms with E-state index in [4.69, 9.17) is 11.6 Å². The van der Waals surface area contributed by atoms with Crippen molar-refractivity contribution in [1.29, 1.82) is 0 Å². The summed E-state index contributed by atoms with van der Waals surface area (Å²) in [6, 6.07) is 7.31. The predicted octanol–water partition coefficient (Wildman–Crippen LogP) is 4.35. The molecular formula is C19H23ClN2O2S. The smallest absolute Gasteiger partial charge is 0.265 e. The van der Waals surface area contributed by atoms with Crippen LogP contribution in [0.3, 0.4) is 0 Å². The largest absolute Gasteiger partial charge is 0.385 e. The first-order valence-electron chi connectivity index (χ1n) is 8.55. The SMILES string of the molecule is Cc1nc(C(C)C)c(C(=O)N2CCC(O)(c3ccc(Cl)cc3)CC2)s1. The molecule has 6 heteroatoms. The van der Waals surface area contributed by atoms with Gasteiger partial charge in [0.25, 0.3) is 5.91 Å². The fourth-order valence-corrected chi connectivity index (χ4v) is 4.43. The van der Waals surface area contributed by atoms with Crippen molar-refractivity contribution in [3.05, 3.63) is 50.4 Å². The van der Waals surface area contributed by atoms with Crippen molar-refractivity contribution in [3.63, 3.8) is 0 Å². The minimum atomic E-state index is -0.897. The van der Waals surface area contributed by atoms with Gasteiger partial charge in [-0.05, 0) is 43.4 Å². The third kappa shape index (κ3) is 3.73. The van der Waals surface area contributed by atoms with E-state index in [1.54, 1.807) is 12.1 Å². The maximum Gasteiger partial charge on any atom is 0.265 e. The van der Waals surface area contributed by atoms with E-state index < -0.39 is 5.60 Å². The fourth-order valence-electron chi connectivity index (χ4n) is 3.26. The normalized spacial score (nSPS) is 17.1. The van der Waals surface area contributed by atoms with Crippen LogP contribution in [0.25, 0.3) is 0 Å². The number of carbonyl (C=O) groups is 1. The van der Waals surface area contributed by atoms with Crippen LogP contribution < -0.4 is 0 Å². The monoisotopic (exact) mass is 378 g/mol. The summed E-state index contributed by atoms with van der Waals surface area (Å²) in [5.74, 6) is 0.257. The van der Waals surface area contributed by atoms with Gasteiger partial charge in [-0.15, -0.1) is 11.3 Å². The Hall–Kier alpha value is -1.43. The molecule has 2 aromatic rings. The lowest BCUT2D eigenvalue weighted by atomic mass is 9.84. The zero-order valence-electron chi connectivity index (χ0n) is 14.8. The molecule has 1 aromatic heterocycles. The van der Waals surface area contributed by atoms with Crippen molar-refractivity contribution in [3.8, 4) is 0 Å². The molecule has 25 heavy (non-hydrogen) atoms. The summed E-state index contributed by atoms with van der Waals surface area (Å²) >= 11 is 7.39. The zero-order valence-corrected chi connectivity index (χ0v) is 16.3. The van der Waals surface area contributed by atoms with Crippen LogP contribution in [-0.2, 0) is 5.60 Å². The highest BCUT2D eigenvalue weighted by molar-refractivity contribution is 7.13. The lowest BCUT2D eigenvalue weighted by molar-refractivity contribution is -0.0210. The molecule has 3 rings (SSSR count). The molecule has 1 aliphatic rings. The molecule has 0 aliphatic carbocycles. The van der Waals surface area contributed by atoms with Crippen LogP contribution in [-0.4, -0.2) is 34.0 Å². The van der Waals surface area contributed by atoms with E-state index in [1.165, 1.54) is 11.3 Å². The molecule has 0 bridgehead atoms. The van der Waals surface area contributed by atoms with Crippen molar-refractivity contribution in [1.82, 2.24) is 9.88 Å². The number of nitrogens with zero attached hydrogens (tertiary/aromatic N) is 2. The number of piperidine rings is 1. The average molecular weight is 379 g/mol. The maximum absolute atomic E-state index is 12.9. The van der Waals surface area contributed by atoms with Gasteiger partial charge in [0.05, 0.1) is 16.3 Å². The number of hydrogen-bond acceptors (Lipinski definition) is 4. The van der Waals surface area contributed by atoms with Crippen LogP contribution in [0.2, 0.25) is 5.02 Å². The van der Waals surface area contributed by atoms with E-state index in [2.05, 4.69) is 18.8 Å². The molecule has 0 unspecified atom stereocenters. The number of amides is 1. The quantitative estimate of drug-likeness (QED) is 0.863. The van der Waals surface area contributed by atoms with E-state index >= 15 is 0 Å². The molecule has 1 saturated heterocycles. The maximum atomic E-state index is 12.9. The standard InChI is InChI=1S/C19H23ClN2O2S/c1-12(2)16-17(25-13(3)21-16)18(23)22-10-8-19(24,9-11-22)14-4-6-15(20)7-5-14/h4-7,12,24H,8-11H2,1-3H3. The first kappa shape index (κ1) is 18.4. The van der Waals surface area contributed by atoms with Gasteiger partial charge in [-0.2, -0.15) is 0 Å². The average Bonchev–Trinajstić information content (AvgIpc) is 2.97. The fraction of sp³-hybridized carbons (Fsp3) is 0.474. The Balaban J connectivity index is 1.74. The van der Waals surface area contributed by atoms with Crippen LogP contribution in [0.5, 0.6) is 0 Å². The number of carbonyl (C=O) groups excluding carboxylic acids is 1. The van der Waals surface area contributed by atoms with E-state index in [9.17, 15) is 9.90 Å². The number of aliphatic hydroxyl groups is 1. The highest BCUT2D eigenvalue weighted by Gasteiger charge is 2.36. The summed E-state index contributed by atoms with van der Waals surface area (Å²) in [7, 11) is 0. The minimum Gasteiger partial charge on any atom is -0.385 e. The van der Waals surface area contributed by atoms with Crippen molar-refractivity contribution >= 4 is 28.8 Å². The molecule has 1 fully saturated rings. The Morgan fingerprint density at radius 2 is 1.88 bits per heavy atom. The molecule has 2 heterocycles. The summed E-state index contributed by atoms with van der Waals surface area (Å²) < 4.78 is 0. The second-order valence-corrected chi connectivity index (χ2v) is 8.57. The third-order valence-corrected chi connectivity index (χ3v) is 5.99. The molecule has 0 atom stereocenters. The Morgan fingerprint density at radius 1 is 1.28 bits per heavy atom. The van der Waals surface area contributed by atoms with Gasteiger partial charge in [0.15, 0.2) is 0 Å². The molecule has 0 saturated carbocycles. The van der Waals surface area contributed by atoms with Gasteiger partial charge in [0, 0.05) is 18.1 Å². The van der Waals surface area contributed by atoms with E-state index in [0.29, 0.717) is 31.0 Å². The van der Waals surface area contributed by atoms with Crippen LogP contribution in [0.1, 0.15) is 58.5 Å². The molecule has 1 aromatic carbocycles. The van der Waals surface area contributed by atoms with Crippen molar-refractivity contribution in [2.24, 2.45) is 0 Å². The molecule has 4 nitrogen and oxygen atoms in total. The number of likely N-dealkylation sites (tertiary alicyclic amines) is 1. The summed E-state index contributed by atoms with van der Waals surface area (Å²) in [6.07, 6.45) is 1.05. The van der Waals surface area contributed by atoms with Gasteiger partial charge < -0.3 is 10.0 Å². The molecule has 1 aliphatic heterocycles. The zero-order chi connectivity index (χ0) is 18.2. The first-order valence-corrected chi connectivity index (χ1v) is 9.74. The van der Waals surface area contributed by atoms with Crippen LogP contribution in [0.15, 0.2) is 24.3 Å². The van der Waals surface area contributed by atoms with Crippen molar-refractivity contribution < 1.29 is 9.90 Å². The number of aromatic nitrogens is 1. The van der Waals surface area contributed by atoms with Crippen LogP contribution >= 0.6 is 22.9 Å². The molecule has 134 valence electrons. The van der Waals surface area contributed by atoms with Gasteiger partial charge in [0.1, 0.15) is 4.88 Å². The number of rotatable bonds is 3. The van der Waals surface area contributed by atoms with Gasteiger partial charge in [-0.1, -0.05) is 37.6 Å². The van der Waals surface area contributed by atoms with Gasteiger partial charge in [-0.25, -0.2) is 4.98 Å². The molecule has 0 radical (unpaired) electrons. The number of thiazole rings is 1. The van der Waals surface area contributed by atoms with Gasteiger partial charge in [-0.3, -0.25) is 4.79 Å². The lowest BCUT2D eigenvalue weighted by Crippen LogP contribution is -2.45. The summed E-state index contributed by atoms with van der Waals surface area (Å²) in [6.45, 7) is 7.11. The Bertz CT molecular complexity index is 762. The Kier molecular flexibility index (Phi) is 5.19. The topological polar surface area (TPSA) is 53.4 Å². The van der Waals surface area contributed by atoms with Crippen LogP contribution in [0, 0.1) is 6.92 Å². The number of benzene rings is 1. The minimum absolute atomic E-state index is 0.0347. The van der Waals surface area contributed by atoms with E-state index in [0.717, 1.165) is 21.1 Å². The van der Waals surface area contributed by atoms with Gasteiger partial charge in [0.2, 0.25) is 0 Å². The van der Waals surface area contributed by atoms with Crippen molar-refractivity contribution in [2.75, 3.05) is 13.1 Å². The predicted molar refractivity (Wildman–Crippen MR) is 101 cm³/mol. The Labute approximate surface area is 157 Å². The summed E-state index contributed by atoms with van der Waals surface area (Å²) in [5, 5.41) is 12.5. The van der Waals surface area contributed by atoms with Gasteiger partial charge >= 0.3 is 0 Å². The Morgan fingerprint density at radius 3 is 2.44 bits per heavy atom. The molecule has 0 spiro atoms. The lowest BCUT2D eigenvalue weighted by Gasteiger charge is -2.38. The van der Waals surface area contributed by atoms with Crippen molar-refractivity contribution in [2.45, 2.75) is 45.1 Å². The summed E-state index contributed by atoms with van der Waals surface area (Å²) in [4.78, 5) is 20.0. The molecule has 1 N–H and O–H groups in total. The molecule has 1 amide bonds. The second kappa shape index (κ2) is 7.06. The first-order chi connectivity index (χ1) is 11.8. The third-order valence-electron chi connectivity index (χ3n) is 4.76. The highest BCUT2D eigenvalue weighted by atomic mass is 35.5. The number of aryl methyl sites for hydroxylation is 1. The number of halogens is 1. The second-order valence-electron chi connectivity index (χ2n) is 6.93. The van der Waals surface area contributed by atoms with E-state index in [-0.39, 0.29) is 11.8 Å².